The van der Waals surface area contributed by atoms with Gasteiger partial charge in [0.05, 0.1) is 11.6 Å². The molecule has 7 aromatic rings. The molecule has 62 heavy (non-hydrogen) atoms. The third-order valence-corrected chi connectivity index (χ3v) is 10.2. The summed E-state index contributed by atoms with van der Waals surface area (Å²) >= 11 is 0. The van der Waals surface area contributed by atoms with Gasteiger partial charge in [-0.25, -0.2) is 0 Å². The van der Waals surface area contributed by atoms with Crippen LogP contribution in [0.4, 0.5) is 0 Å². The Kier molecular flexibility index (Phi) is 21.2. The van der Waals surface area contributed by atoms with Crippen LogP contribution in [0.15, 0.2) is 194 Å². The molecule has 0 aromatic heterocycles. The van der Waals surface area contributed by atoms with Crippen molar-refractivity contribution in [3.8, 4) is 61.7 Å². The molecule has 0 amide bonds. The van der Waals surface area contributed by atoms with Crippen molar-refractivity contribution in [1.82, 2.24) is 0 Å². The molecule has 7 aromatic carbocycles. The Bertz CT molecular complexity index is 2560. The van der Waals surface area contributed by atoms with Gasteiger partial charge in [0.25, 0.3) is 0 Å². The van der Waals surface area contributed by atoms with Crippen molar-refractivity contribution < 1.29 is 0 Å². The van der Waals surface area contributed by atoms with E-state index in [2.05, 4.69) is 212 Å². The van der Waals surface area contributed by atoms with Crippen LogP contribution in [0.5, 0.6) is 0 Å². The molecule has 0 unspecified atom stereocenters. The zero-order chi connectivity index (χ0) is 45.4. The summed E-state index contributed by atoms with van der Waals surface area (Å²) in [4.78, 5) is 0. The van der Waals surface area contributed by atoms with E-state index in [0.717, 1.165) is 5.56 Å². The lowest BCUT2D eigenvalue weighted by Crippen LogP contribution is -1.91. The predicted octanol–water partition coefficient (Wildman–Crippen LogP) is 18.3. The average molecular weight is 814 g/mol. The fourth-order valence-electron chi connectivity index (χ4n) is 6.90. The van der Waals surface area contributed by atoms with Gasteiger partial charge in [0.2, 0.25) is 0 Å². The van der Waals surface area contributed by atoms with Gasteiger partial charge in [0.15, 0.2) is 0 Å². The number of allylic oxidation sites excluding steroid dienone is 5. The van der Waals surface area contributed by atoms with E-state index in [0.29, 0.717) is 5.56 Å². The summed E-state index contributed by atoms with van der Waals surface area (Å²) in [6.45, 7) is 26.1. The van der Waals surface area contributed by atoms with Crippen molar-refractivity contribution in [2.24, 2.45) is 0 Å². The van der Waals surface area contributed by atoms with Crippen LogP contribution in [0.3, 0.4) is 0 Å². The third kappa shape index (κ3) is 14.5. The lowest BCUT2D eigenvalue weighted by atomic mass is 9.90. The molecule has 0 spiro atoms. The second-order valence-electron chi connectivity index (χ2n) is 14.9. The average Bonchev–Trinajstić information content (AvgIpc) is 3.80. The highest BCUT2D eigenvalue weighted by atomic mass is 14.2. The van der Waals surface area contributed by atoms with Gasteiger partial charge in [-0.15, -0.1) is 6.58 Å². The molecule has 1 nitrogen and oxygen atoms in total. The highest BCUT2D eigenvalue weighted by Gasteiger charge is 2.11. The molecule has 0 N–H and O–H groups in total. The van der Waals surface area contributed by atoms with E-state index < -0.39 is 0 Å². The van der Waals surface area contributed by atoms with Gasteiger partial charge in [0, 0.05) is 0 Å². The first-order chi connectivity index (χ1) is 30.1. The second kappa shape index (κ2) is 26.5. The Labute approximate surface area is 375 Å². The zero-order valence-corrected chi connectivity index (χ0v) is 39.2. The summed E-state index contributed by atoms with van der Waals surface area (Å²) in [7, 11) is 0. The summed E-state index contributed by atoms with van der Waals surface area (Å²) in [5.41, 5.74) is 20.8. The van der Waals surface area contributed by atoms with Crippen LogP contribution in [-0.2, 0) is 0 Å². The van der Waals surface area contributed by atoms with E-state index >= 15 is 0 Å². The predicted molar refractivity (Wildman–Crippen MR) is 275 cm³/mol. The highest BCUT2D eigenvalue weighted by Crippen LogP contribution is 2.35. The monoisotopic (exact) mass is 814 g/mol. The molecule has 0 atom stereocenters. The third-order valence-electron chi connectivity index (χ3n) is 10.2. The van der Waals surface area contributed by atoms with Gasteiger partial charge >= 0.3 is 0 Å². The molecule has 0 saturated carbocycles. The number of hydrogen-bond acceptors (Lipinski definition) is 1. The number of aryl methyl sites for hydroxylation is 5. The summed E-state index contributed by atoms with van der Waals surface area (Å²) < 4.78 is 0. The SMILES string of the molecule is C=CC.CC.CC.CC1=CC=CC1.Cc1ccc(-c2cccc(-c3ccccc3)c2)cc1.Cc1ccccc1-c1cc(-c2ccc(C)c(-c3ccc(C#N)cc3C)c2)ccc1C. The molecular formula is C61H67N. The van der Waals surface area contributed by atoms with Crippen molar-refractivity contribution >= 4 is 0 Å². The lowest BCUT2D eigenvalue weighted by molar-refractivity contribution is 1.25. The summed E-state index contributed by atoms with van der Waals surface area (Å²) in [5.74, 6) is 0. The molecule has 0 bridgehead atoms. The Hall–Kier alpha value is -6.75. The Morgan fingerprint density at radius 1 is 0.452 bits per heavy atom. The smallest absolute Gasteiger partial charge is 0.0991 e. The van der Waals surface area contributed by atoms with Crippen molar-refractivity contribution in [2.45, 2.75) is 82.6 Å². The van der Waals surface area contributed by atoms with Gasteiger partial charge in [-0.3, -0.25) is 0 Å². The second-order valence-corrected chi connectivity index (χ2v) is 14.9. The maximum absolute atomic E-state index is 9.18. The van der Waals surface area contributed by atoms with E-state index in [4.69, 9.17) is 0 Å². The maximum atomic E-state index is 9.18. The fourth-order valence-corrected chi connectivity index (χ4v) is 6.90. The topological polar surface area (TPSA) is 23.8 Å². The normalized spacial score (nSPS) is 10.5. The van der Waals surface area contributed by atoms with Gasteiger partial charge < -0.3 is 0 Å². The number of benzene rings is 7. The Morgan fingerprint density at radius 3 is 1.37 bits per heavy atom. The minimum atomic E-state index is 0.700. The van der Waals surface area contributed by atoms with Gasteiger partial charge in [0.1, 0.15) is 0 Å². The van der Waals surface area contributed by atoms with E-state index in [1.165, 1.54) is 89.9 Å². The minimum absolute atomic E-state index is 0.700. The van der Waals surface area contributed by atoms with Crippen LogP contribution in [0.25, 0.3) is 55.6 Å². The lowest BCUT2D eigenvalue weighted by Gasteiger charge is -2.15. The summed E-state index contributed by atoms with van der Waals surface area (Å²) in [5, 5.41) is 9.18. The van der Waals surface area contributed by atoms with Crippen molar-refractivity contribution in [2.75, 3.05) is 0 Å². The minimum Gasteiger partial charge on any atom is -0.192 e. The molecule has 0 saturated heterocycles. The van der Waals surface area contributed by atoms with Crippen LogP contribution in [0.2, 0.25) is 0 Å². The van der Waals surface area contributed by atoms with Crippen LogP contribution >= 0.6 is 0 Å². The number of rotatable bonds is 5. The molecule has 0 radical (unpaired) electrons. The largest absolute Gasteiger partial charge is 0.192 e. The molecule has 8 rings (SSSR count). The van der Waals surface area contributed by atoms with E-state index in [1.807, 2.05) is 52.8 Å². The first-order valence-electron chi connectivity index (χ1n) is 22.0. The zero-order valence-electron chi connectivity index (χ0n) is 39.2. The molecule has 1 heteroatoms. The molecule has 0 heterocycles. The fraction of sp³-hybridized carbons (Fsp3) is 0.197. The van der Waals surface area contributed by atoms with Crippen LogP contribution in [0.1, 0.15) is 81.3 Å². The number of hydrogen-bond donors (Lipinski definition) is 0. The van der Waals surface area contributed by atoms with Gasteiger partial charge in [-0.1, -0.05) is 191 Å². The quantitative estimate of drug-likeness (QED) is 0.159. The standard InChI is InChI=1S/C29H25N.C19H16.C6H8.C3H6.2C2H6/c1-19-7-5-6-8-26(19)28-16-24(12-9-20(28)2)25-13-10-21(3)29(17-25)27-14-11-23(18-30)15-22(27)4;1-15-10-12-17(13-11-15)19-9-5-8-18(14-19)16-6-3-2-4-7-16;1-6-4-2-3-5-6;1-3-2;2*1-2/h5-17H,1-4H3;2-14H,1H3;2-4H,5H2,1H3;3H,1H2,2H3;2*1-2H3. The molecule has 1 aliphatic carbocycles. The molecular weight excluding hydrogens is 747 g/mol. The van der Waals surface area contributed by atoms with Crippen LogP contribution < -0.4 is 0 Å². The van der Waals surface area contributed by atoms with E-state index in [1.54, 1.807) is 6.08 Å². The van der Waals surface area contributed by atoms with Gasteiger partial charge in [-0.05, 0) is 163 Å². The Balaban J connectivity index is 0.000000271. The van der Waals surface area contributed by atoms with Crippen LogP contribution in [0, 0.1) is 45.9 Å². The summed E-state index contributed by atoms with van der Waals surface area (Å²) in [6, 6.07) is 58.0. The first-order valence-corrected chi connectivity index (χ1v) is 22.0. The van der Waals surface area contributed by atoms with E-state index in [9.17, 15) is 5.26 Å². The van der Waals surface area contributed by atoms with E-state index in [-0.39, 0.29) is 0 Å². The number of nitriles is 1. The van der Waals surface area contributed by atoms with Crippen molar-refractivity contribution in [3.63, 3.8) is 0 Å². The van der Waals surface area contributed by atoms with Gasteiger partial charge in [-0.2, -0.15) is 5.26 Å². The molecule has 1 aliphatic rings. The Morgan fingerprint density at radius 2 is 0.903 bits per heavy atom. The maximum Gasteiger partial charge on any atom is 0.0991 e. The van der Waals surface area contributed by atoms with Crippen molar-refractivity contribution in [3.05, 3.63) is 228 Å². The summed E-state index contributed by atoms with van der Waals surface area (Å²) in [6.07, 6.45) is 9.31. The molecule has 316 valence electrons. The van der Waals surface area contributed by atoms with Crippen LogP contribution in [-0.4, -0.2) is 0 Å². The first kappa shape index (κ1) is 49.6. The molecule has 0 fully saturated rings. The molecule has 0 aliphatic heterocycles. The van der Waals surface area contributed by atoms with Crippen molar-refractivity contribution in [1.29, 1.82) is 5.26 Å². The number of nitrogens with zero attached hydrogens (tertiary/aromatic N) is 1. The highest BCUT2D eigenvalue weighted by molar-refractivity contribution is 5.81.